The normalized spacial score (nSPS) is 16.0. The first-order chi connectivity index (χ1) is 5.70. The highest BCUT2D eigenvalue weighted by atomic mass is 14.9. The van der Waals surface area contributed by atoms with Crippen LogP contribution in [0.5, 0.6) is 0 Å². The second kappa shape index (κ2) is 7.01. The minimum Gasteiger partial charge on any atom is -0.387 e. The van der Waals surface area contributed by atoms with Crippen molar-refractivity contribution in [2.24, 2.45) is 0 Å². The molecule has 0 saturated carbocycles. The van der Waals surface area contributed by atoms with E-state index >= 15 is 0 Å². The van der Waals surface area contributed by atoms with Gasteiger partial charge in [0.05, 0.1) is 0 Å². The van der Waals surface area contributed by atoms with Crippen LogP contribution < -0.4 is 10.6 Å². The van der Waals surface area contributed by atoms with Crippen LogP contribution in [0, 0.1) is 0 Å². The predicted molar refractivity (Wildman–Crippen MR) is 54.9 cm³/mol. The van der Waals surface area contributed by atoms with Crippen molar-refractivity contribution in [1.82, 2.24) is 10.6 Å². The number of hydrogen-bond acceptors (Lipinski definition) is 2. The van der Waals surface area contributed by atoms with E-state index in [4.69, 9.17) is 0 Å². The Morgan fingerprint density at radius 3 is 1.50 bits per heavy atom. The fraction of sp³-hybridized carbons (Fsp3) is 0.800. The van der Waals surface area contributed by atoms with Gasteiger partial charge < -0.3 is 10.6 Å². The fourth-order valence-corrected chi connectivity index (χ4v) is 0.660. The molecular formula is C10H22N2. The maximum absolute atomic E-state index is 3.27. The van der Waals surface area contributed by atoms with Gasteiger partial charge in [0.15, 0.2) is 0 Å². The molecule has 2 N–H and O–H groups in total. The summed E-state index contributed by atoms with van der Waals surface area (Å²) in [7, 11) is 0. The second-order valence-corrected chi connectivity index (χ2v) is 3.29. The summed E-state index contributed by atoms with van der Waals surface area (Å²) in [6.45, 7) is 8.70. The van der Waals surface area contributed by atoms with Crippen molar-refractivity contribution in [2.75, 3.05) is 0 Å². The molecule has 0 amide bonds. The summed E-state index contributed by atoms with van der Waals surface area (Å²) in [5, 5.41) is 6.54. The zero-order valence-corrected chi connectivity index (χ0v) is 8.72. The SMILES string of the molecule is CCC(C)N/C=C\NC(C)CC. The van der Waals surface area contributed by atoms with Crippen LogP contribution in [0.3, 0.4) is 0 Å². The molecule has 2 nitrogen and oxygen atoms in total. The Morgan fingerprint density at radius 2 is 1.25 bits per heavy atom. The molecule has 0 aliphatic heterocycles. The first kappa shape index (κ1) is 11.3. The van der Waals surface area contributed by atoms with Crippen molar-refractivity contribution in [3.63, 3.8) is 0 Å². The number of rotatable bonds is 6. The Bertz CT molecular complexity index is 107. The van der Waals surface area contributed by atoms with Crippen molar-refractivity contribution in [3.05, 3.63) is 12.4 Å². The second-order valence-electron chi connectivity index (χ2n) is 3.29. The van der Waals surface area contributed by atoms with Gasteiger partial charge in [-0.2, -0.15) is 0 Å². The Morgan fingerprint density at radius 1 is 0.917 bits per heavy atom. The fourth-order valence-electron chi connectivity index (χ4n) is 0.660. The Hall–Kier alpha value is -0.660. The molecule has 0 radical (unpaired) electrons. The van der Waals surface area contributed by atoms with Gasteiger partial charge in [-0.3, -0.25) is 0 Å². The Kier molecular flexibility index (Phi) is 6.63. The van der Waals surface area contributed by atoms with Gasteiger partial charge in [0.2, 0.25) is 0 Å². The molecule has 0 aromatic rings. The van der Waals surface area contributed by atoms with E-state index in [1.54, 1.807) is 0 Å². The van der Waals surface area contributed by atoms with E-state index in [1.165, 1.54) is 0 Å². The van der Waals surface area contributed by atoms with Crippen LogP contribution in [-0.2, 0) is 0 Å². The zero-order chi connectivity index (χ0) is 9.40. The molecule has 0 aliphatic carbocycles. The van der Waals surface area contributed by atoms with Gasteiger partial charge >= 0.3 is 0 Å². The molecule has 0 bridgehead atoms. The highest BCUT2D eigenvalue weighted by Gasteiger charge is 1.92. The van der Waals surface area contributed by atoms with Crippen LogP contribution in [-0.4, -0.2) is 12.1 Å². The predicted octanol–water partition coefficient (Wildman–Crippen LogP) is 2.23. The third kappa shape index (κ3) is 6.08. The summed E-state index contributed by atoms with van der Waals surface area (Å²) < 4.78 is 0. The Balaban J connectivity index is 3.36. The van der Waals surface area contributed by atoms with E-state index in [0.29, 0.717) is 12.1 Å². The summed E-state index contributed by atoms with van der Waals surface area (Å²) in [6.07, 6.45) is 6.29. The van der Waals surface area contributed by atoms with Crippen molar-refractivity contribution in [3.8, 4) is 0 Å². The van der Waals surface area contributed by atoms with Gasteiger partial charge in [-0.15, -0.1) is 0 Å². The van der Waals surface area contributed by atoms with E-state index in [0.717, 1.165) is 12.8 Å². The van der Waals surface area contributed by atoms with Gasteiger partial charge in [-0.25, -0.2) is 0 Å². The zero-order valence-electron chi connectivity index (χ0n) is 8.72. The topological polar surface area (TPSA) is 24.1 Å². The standard InChI is InChI=1S/C10H22N2/c1-5-9(3)11-7-8-12-10(4)6-2/h7-12H,5-6H2,1-4H3/b8-7-. The average Bonchev–Trinajstić information content (AvgIpc) is 2.11. The van der Waals surface area contributed by atoms with E-state index in [2.05, 4.69) is 38.3 Å². The van der Waals surface area contributed by atoms with E-state index in [9.17, 15) is 0 Å². The smallest absolute Gasteiger partial charge is 0.0225 e. The summed E-state index contributed by atoms with van der Waals surface area (Å²) in [4.78, 5) is 0. The van der Waals surface area contributed by atoms with E-state index < -0.39 is 0 Å². The molecule has 0 aromatic heterocycles. The lowest BCUT2D eigenvalue weighted by atomic mass is 10.3. The third-order valence-electron chi connectivity index (χ3n) is 2.07. The van der Waals surface area contributed by atoms with Crippen molar-refractivity contribution >= 4 is 0 Å². The average molecular weight is 170 g/mol. The molecule has 0 saturated heterocycles. The van der Waals surface area contributed by atoms with E-state index in [1.807, 2.05) is 12.4 Å². The first-order valence-electron chi connectivity index (χ1n) is 4.87. The third-order valence-corrected chi connectivity index (χ3v) is 2.07. The molecule has 12 heavy (non-hydrogen) atoms. The molecule has 0 rings (SSSR count). The van der Waals surface area contributed by atoms with Crippen molar-refractivity contribution in [1.29, 1.82) is 0 Å². The number of hydrogen-bond donors (Lipinski definition) is 2. The van der Waals surface area contributed by atoms with Crippen LogP contribution in [0.1, 0.15) is 40.5 Å². The van der Waals surface area contributed by atoms with Gasteiger partial charge in [0.25, 0.3) is 0 Å². The largest absolute Gasteiger partial charge is 0.387 e. The quantitative estimate of drug-likeness (QED) is 0.639. The van der Waals surface area contributed by atoms with Gasteiger partial charge in [-0.1, -0.05) is 13.8 Å². The molecule has 2 atom stereocenters. The van der Waals surface area contributed by atoms with Crippen LogP contribution in [0.15, 0.2) is 12.4 Å². The minimum atomic E-state index is 0.569. The van der Waals surface area contributed by atoms with Gasteiger partial charge in [0, 0.05) is 24.5 Å². The lowest BCUT2D eigenvalue weighted by molar-refractivity contribution is 0.596. The monoisotopic (exact) mass is 170 g/mol. The Labute approximate surface area is 76.4 Å². The summed E-state index contributed by atoms with van der Waals surface area (Å²) >= 11 is 0. The van der Waals surface area contributed by atoms with Crippen LogP contribution >= 0.6 is 0 Å². The summed E-state index contributed by atoms with van der Waals surface area (Å²) in [6, 6.07) is 1.14. The van der Waals surface area contributed by atoms with Crippen LogP contribution in [0.4, 0.5) is 0 Å². The molecule has 0 heterocycles. The molecule has 2 heteroatoms. The highest BCUT2D eigenvalue weighted by Crippen LogP contribution is 1.88. The van der Waals surface area contributed by atoms with Crippen molar-refractivity contribution in [2.45, 2.75) is 52.6 Å². The highest BCUT2D eigenvalue weighted by molar-refractivity contribution is 4.81. The van der Waals surface area contributed by atoms with E-state index in [-0.39, 0.29) is 0 Å². The van der Waals surface area contributed by atoms with Gasteiger partial charge in [-0.05, 0) is 26.7 Å². The molecular weight excluding hydrogens is 148 g/mol. The minimum absolute atomic E-state index is 0.569. The molecule has 72 valence electrons. The molecule has 0 spiro atoms. The maximum Gasteiger partial charge on any atom is 0.0225 e. The molecule has 0 aliphatic rings. The lowest BCUT2D eigenvalue weighted by Crippen LogP contribution is -2.23. The summed E-state index contributed by atoms with van der Waals surface area (Å²) in [5.74, 6) is 0. The molecule has 2 unspecified atom stereocenters. The first-order valence-corrected chi connectivity index (χ1v) is 4.87. The summed E-state index contributed by atoms with van der Waals surface area (Å²) in [5.41, 5.74) is 0. The van der Waals surface area contributed by atoms with Crippen molar-refractivity contribution < 1.29 is 0 Å². The molecule has 0 fully saturated rings. The molecule has 0 aromatic carbocycles. The number of nitrogens with one attached hydrogen (secondary N) is 2. The van der Waals surface area contributed by atoms with Crippen LogP contribution in [0.2, 0.25) is 0 Å². The lowest BCUT2D eigenvalue weighted by Gasteiger charge is -2.10. The van der Waals surface area contributed by atoms with Gasteiger partial charge in [0.1, 0.15) is 0 Å². The van der Waals surface area contributed by atoms with Crippen LogP contribution in [0.25, 0.3) is 0 Å². The maximum atomic E-state index is 3.27.